The lowest BCUT2D eigenvalue weighted by Gasteiger charge is -2.25. The van der Waals surface area contributed by atoms with E-state index >= 15 is 0 Å². The number of esters is 1. The molecule has 0 fully saturated rings. The molecule has 1 aromatic carbocycles. The Labute approximate surface area is 143 Å². The molecule has 0 unspecified atom stereocenters. The zero-order valence-corrected chi connectivity index (χ0v) is 16.1. The fourth-order valence-electron chi connectivity index (χ4n) is 3.01. The Morgan fingerprint density at radius 2 is 1.79 bits per heavy atom. The summed E-state index contributed by atoms with van der Waals surface area (Å²) in [5.74, 6) is -1.14. The van der Waals surface area contributed by atoms with Crippen molar-refractivity contribution in [2.24, 2.45) is 0 Å². The monoisotopic (exact) mass is 366 g/mol. The maximum absolute atomic E-state index is 13.0. The number of Topliss-reactive ketones (excluding diaryl/α,β-unsaturated/α-hetero) is 1. The van der Waals surface area contributed by atoms with Gasteiger partial charge in [0.05, 0.1) is 30.4 Å². The third kappa shape index (κ3) is 3.37. The quantitative estimate of drug-likeness (QED) is 0.455. The van der Waals surface area contributed by atoms with Gasteiger partial charge in [-0.1, -0.05) is 37.8 Å². The maximum Gasteiger partial charge on any atom is 0.341 e. The number of benzene rings is 1. The minimum atomic E-state index is -3.74. The Hall–Kier alpha value is -1.73. The van der Waals surface area contributed by atoms with Crippen LogP contribution in [0.3, 0.4) is 0 Å². The molecular formula is C17H22O5SSi. The minimum Gasteiger partial charge on any atom is -0.462 e. The fourth-order valence-corrected chi connectivity index (χ4v) is 8.26. The second-order valence-electron chi connectivity index (χ2n) is 6.73. The van der Waals surface area contributed by atoms with Crippen LogP contribution in [0, 0.1) is 0 Å². The molecule has 0 heterocycles. The summed E-state index contributed by atoms with van der Waals surface area (Å²) in [6, 6.07) is 8.06. The number of carbonyl (C=O) groups is 2. The molecule has 1 atom stereocenters. The average molecular weight is 367 g/mol. The van der Waals surface area contributed by atoms with Crippen LogP contribution < -0.4 is 0 Å². The summed E-state index contributed by atoms with van der Waals surface area (Å²) in [5, 5.41) is -0.492. The number of rotatable bonds is 5. The molecule has 0 radical (unpaired) electrons. The summed E-state index contributed by atoms with van der Waals surface area (Å²) in [4.78, 5) is 24.9. The maximum atomic E-state index is 13.0. The number of ketones is 1. The summed E-state index contributed by atoms with van der Waals surface area (Å²) >= 11 is 0. The highest BCUT2D eigenvalue weighted by Crippen LogP contribution is 2.38. The van der Waals surface area contributed by atoms with Gasteiger partial charge in [0, 0.05) is 6.42 Å². The standard InChI is InChI=1S/C17H22O5SSi/c1-5-22-17(19)15-13(18)11-14(16(15)24(2,3)4)23(20,21)12-9-7-6-8-10-12/h6-10,14H,5,11H2,1-4H3/t14-/m0/s1. The Balaban J connectivity index is 2.63. The van der Waals surface area contributed by atoms with Crippen molar-refractivity contribution < 1.29 is 22.7 Å². The van der Waals surface area contributed by atoms with Crippen molar-refractivity contribution in [3.05, 3.63) is 41.1 Å². The summed E-state index contributed by atoms with van der Waals surface area (Å²) in [6.07, 6.45) is -0.190. The summed E-state index contributed by atoms with van der Waals surface area (Å²) in [5.41, 5.74) is -0.0412. The first-order valence-corrected chi connectivity index (χ1v) is 12.9. The highest BCUT2D eigenvalue weighted by Gasteiger charge is 2.48. The molecule has 2 rings (SSSR count). The first-order chi connectivity index (χ1) is 11.1. The van der Waals surface area contributed by atoms with Crippen LogP contribution in [-0.4, -0.2) is 40.1 Å². The third-order valence-corrected chi connectivity index (χ3v) is 8.48. The molecule has 0 saturated heterocycles. The molecular weight excluding hydrogens is 344 g/mol. The first kappa shape index (κ1) is 18.6. The predicted molar refractivity (Wildman–Crippen MR) is 94.0 cm³/mol. The van der Waals surface area contributed by atoms with Crippen molar-refractivity contribution in [2.75, 3.05) is 6.61 Å². The van der Waals surface area contributed by atoms with E-state index in [1.54, 1.807) is 25.1 Å². The van der Waals surface area contributed by atoms with E-state index < -0.39 is 34.9 Å². The SMILES string of the molecule is CCOC(=O)C1=C([Si](C)(C)C)[C@@H](S(=O)(=O)c2ccccc2)CC1=O. The Bertz CT molecular complexity index is 788. The lowest BCUT2D eigenvalue weighted by atomic mass is 10.2. The number of hydrogen-bond acceptors (Lipinski definition) is 5. The molecule has 1 aliphatic rings. The van der Waals surface area contributed by atoms with Crippen LogP contribution in [0.4, 0.5) is 0 Å². The largest absolute Gasteiger partial charge is 0.462 e. The van der Waals surface area contributed by atoms with Crippen LogP contribution in [0.1, 0.15) is 13.3 Å². The molecule has 1 aromatic rings. The van der Waals surface area contributed by atoms with E-state index in [-0.39, 0.29) is 23.5 Å². The predicted octanol–water partition coefficient (Wildman–Crippen LogP) is 2.54. The van der Waals surface area contributed by atoms with Crippen LogP contribution in [0.2, 0.25) is 19.6 Å². The molecule has 1 aliphatic carbocycles. The van der Waals surface area contributed by atoms with Crippen LogP contribution in [0.25, 0.3) is 0 Å². The second-order valence-corrected chi connectivity index (χ2v) is 13.9. The molecule has 0 amide bonds. The van der Waals surface area contributed by atoms with E-state index in [1.165, 1.54) is 12.1 Å². The van der Waals surface area contributed by atoms with Crippen LogP contribution in [0.15, 0.2) is 46.0 Å². The van der Waals surface area contributed by atoms with Gasteiger partial charge in [-0.25, -0.2) is 13.2 Å². The number of carbonyl (C=O) groups excluding carboxylic acids is 2. The van der Waals surface area contributed by atoms with E-state index in [4.69, 9.17) is 4.74 Å². The fraction of sp³-hybridized carbons (Fsp3) is 0.412. The van der Waals surface area contributed by atoms with Gasteiger partial charge < -0.3 is 4.74 Å². The molecule has 7 heteroatoms. The molecule has 0 saturated carbocycles. The van der Waals surface area contributed by atoms with Crippen molar-refractivity contribution in [3.8, 4) is 0 Å². The zero-order chi connectivity index (χ0) is 18.1. The van der Waals surface area contributed by atoms with Gasteiger partial charge in [0.2, 0.25) is 0 Å². The summed E-state index contributed by atoms with van der Waals surface area (Å²) < 4.78 is 31.1. The number of hydrogen-bond donors (Lipinski definition) is 0. The summed E-state index contributed by atoms with van der Waals surface area (Å²) in [6.45, 7) is 7.62. The van der Waals surface area contributed by atoms with Crippen molar-refractivity contribution in [2.45, 2.75) is 43.1 Å². The normalized spacial score (nSPS) is 18.8. The van der Waals surface area contributed by atoms with Crippen LogP contribution in [-0.2, 0) is 24.2 Å². The summed E-state index contributed by atoms with van der Waals surface area (Å²) in [7, 11) is -5.98. The van der Waals surface area contributed by atoms with E-state index in [9.17, 15) is 18.0 Å². The highest BCUT2D eigenvalue weighted by atomic mass is 32.2. The number of sulfone groups is 1. The smallest absolute Gasteiger partial charge is 0.341 e. The van der Waals surface area contributed by atoms with Gasteiger partial charge >= 0.3 is 5.97 Å². The molecule has 0 aliphatic heterocycles. The Morgan fingerprint density at radius 1 is 1.21 bits per heavy atom. The zero-order valence-electron chi connectivity index (χ0n) is 14.3. The van der Waals surface area contributed by atoms with E-state index in [0.717, 1.165) is 0 Å². The van der Waals surface area contributed by atoms with Crippen molar-refractivity contribution in [1.29, 1.82) is 0 Å². The third-order valence-electron chi connectivity index (χ3n) is 3.97. The molecule has 0 bridgehead atoms. The van der Waals surface area contributed by atoms with Crippen molar-refractivity contribution >= 4 is 29.7 Å². The molecule has 0 spiro atoms. The van der Waals surface area contributed by atoms with Gasteiger partial charge in [-0.05, 0) is 24.3 Å². The van der Waals surface area contributed by atoms with Gasteiger partial charge in [-0.2, -0.15) is 0 Å². The van der Waals surface area contributed by atoms with E-state index in [2.05, 4.69) is 0 Å². The number of ether oxygens (including phenoxy) is 1. The lowest BCUT2D eigenvalue weighted by Crippen LogP contribution is -2.36. The Kier molecular flexibility index (Phi) is 5.15. The van der Waals surface area contributed by atoms with Gasteiger partial charge in [0.25, 0.3) is 0 Å². The molecule has 0 N–H and O–H groups in total. The van der Waals surface area contributed by atoms with Crippen LogP contribution >= 0.6 is 0 Å². The van der Waals surface area contributed by atoms with Crippen molar-refractivity contribution in [1.82, 2.24) is 0 Å². The van der Waals surface area contributed by atoms with Gasteiger partial charge in [0.15, 0.2) is 15.6 Å². The Morgan fingerprint density at radius 3 is 2.29 bits per heavy atom. The minimum absolute atomic E-state index is 0.0412. The first-order valence-electron chi connectivity index (χ1n) is 7.84. The van der Waals surface area contributed by atoms with E-state index in [0.29, 0.717) is 5.20 Å². The molecule has 24 heavy (non-hydrogen) atoms. The van der Waals surface area contributed by atoms with Gasteiger partial charge in [-0.3, -0.25) is 4.79 Å². The van der Waals surface area contributed by atoms with Crippen molar-refractivity contribution in [3.63, 3.8) is 0 Å². The lowest BCUT2D eigenvalue weighted by molar-refractivity contribution is -0.139. The van der Waals surface area contributed by atoms with Crippen LogP contribution in [0.5, 0.6) is 0 Å². The van der Waals surface area contributed by atoms with E-state index in [1.807, 2.05) is 19.6 Å². The van der Waals surface area contributed by atoms with Gasteiger partial charge in [0.1, 0.15) is 0 Å². The highest BCUT2D eigenvalue weighted by molar-refractivity contribution is 7.92. The molecule has 5 nitrogen and oxygen atoms in total. The average Bonchev–Trinajstić information content (AvgIpc) is 2.87. The molecule has 130 valence electrons. The molecule has 0 aromatic heterocycles. The van der Waals surface area contributed by atoms with Gasteiger partial charge in [-0.15, -0.1) is 0 Å². The second kappa shape index (κ2) is 6.64. The topological polar surface area (TPSA) is 77.5 Å².